The van der Waals surface area contributed by atoms with Crippen LogP contribution in [0.15, 0.2) is 24.3 Å². The summed E-state index contributed by atoms with van der Waals surface area (Å²) in [5, 5.41) is 18.5. The van der Waals surface area contributed by atoms with Crippen molar-refractivity contribution in [2.24, 2.45) is 5.92 Å². The van der Waals surface area contributed by atoms with Gasteiger partial charge in [-0.2, -0.15) is 0 Å². The molecule has 0 amide bonds. The number of unbranched alkanes of at least 4 members (excludes halogenated alkanes) is 15. The summed E-state index contributed by atoms with van der Waals surface area (Å²) >= 11 is 0. The van der Waals surface area contributed by atoms with E-state index in [9.17, 15) is 10.2 Å². The van der Waals surface area contributed by atoms with Gasteiger partial charge in [-0.3, -0.25) is 0 Å². The Bertz CT molecular complexity index is 548. The van der Waals surface area contributed by atoms with Gasteiger partial charge in [-0.1, -0.05) is 127 Å². The molecule has 0 spiro atoms. The first-order valence-corrected chi connectivity index (χ1v) is 13.7. The summed E-state index contributed by atoms with van der Waals surface area (Å²) < 4.78 is 0. The van der Waals surface area contributed by atoms with E-state index in [1.54, 1.807) is 12.2 Å². The number of rotatable bonds is 23. The minimum absolute atomic E-state index is 0.718. The molecule has 0 fully saturated rings. The molecule has 3 atom stereocenters. The molecular formula is C31H52O2. The third-order valence-electron chi connectivity index (χ3n) is 6.36. The molecule has 0 radical (unpaired) electrons. The van der Waals surface area contributed by atoms with Crippen LogP contribution in [0.1, 0.15) is 129 Å². The topological polar surface area (TPSA) is 40.5 Å². The highest BCUT2D eigenvalue weighted by molar-refractivity contribution is 5.06. The summed E-state index contributed by atoms with van der Waals surface area (Å²) in [5.74, 6) is 5.47. The van der Waals surface area contributed by atoms with E-state index in [4.69, 9.17) is 12.8 Å². The molecule has 0 unspecified atom stereocenters. The summed E-state index contributed by atoms with van der Waals surface area (Å²) in [7, 11) is 0. The van der Waals surface area contributed by atoms with Crippen molar-refractivity contribution in [3.8, 4) is 24.7 Å². The molecule has 0 saturated carbocycles. The number of terminal acetylenes is 2. The van der Waals surface area contributed by atoms with E-state index in [0.29, 0.717) is 0 Å². The van der Waals surface area contributed by atoms with Crippen molar-refractivity contribution in [2.45, 2.75) is 141 Å². The van der Waals surface area contributed by atoms with Crippen molar-refractivity contribution in [1.82, 2.24) is 0 Å². The zero-order valence-corrected chi connectivity index (χ0v) is 21.5. The number of hydrogen-bond donors (Lipinski definition) is 2. The van der Waals surface area contributed by atoms with Gasteiger partial charge < -0.3 is 10.2 Å². The Balaban J connectivity index is 3.27. The van der Waals surface area contributed by atoms with Crippen LogP contribution in [0.5, 0.6) is 0 Å². The molecule has 188 valence electrons. The Morgan fingerprint density at radius 2 is 0.848 bits per heavy atom. The molecule has 0 saturated heterocycles. The lowest BCUT2D eigenvalue weighted by molar-refractivity contribution is 0.280. The van der Waals surface area contributed by atoms with E-state index in [1.165, 1.54) is 109 Å². The summed E-state index contributed by atoms with van der Waals surface area (Å²) in [6, 6.07) is 0. The standard InChI is InChI=1S/C31H52O2/c1-4-30(32)27-23-19-15-10-8-6-7-9-13-17-21-25-29(3)26-22-18-14-11-12-16-20-24-28-31(33)5-2/h1-2,23-24,27-33H,6-22,25-26H2,3H3/t29-,30+,31+/m1/s1. The van der Waals surface area contributed by atoms with Gasteiger partial charge in [0.2, 0.25) is 0 Å². The van der Waals surface area contributed by atoms with Crippen LogP contribution < -0.4 is 0 Å². The Morgan fingerprint density at radius 1 is 0.545 bits per heavy atom. The van der Waals surface area contributed by atoms with Crippen molar-refractivity contribution >= 4 is 0 Å². The summed E-state index contributed by atoms with van der Waals surface area (Å²) in [6.07, 6.45) is 41.1. The van der Waals surface area contributed by atoms with Gasteiger partial charge in [-0.25, -0.2) is 0 Å². The highest BCUT2D eigenvalue weighted by Crippen LogP contribution is 2.19. The van der Waals surface area contributed by atoms with Gasteiger partial charge in [0.05, 0.1) is 0 Å². The van der Waals surface area contributed by atoms with E-state index in [-0.39, 0.29) is 0 Å². The molecule has 2 N–H and O–H groups in total. The molecular weight excluding hydrogens is 404 g/mol. The van der Waals surface area contributed by atoms with Crippen molar-refractivity contribution < 1.29 is 10.2 Å². The number of aliphatic hydroxyl groups excluding tert-OH is 2. The molecule has 0 aromatic carbocycles. The number of allylic oxidation sites excluding steroid dienone is 2. The average Bonchev–Trinajstić information content (AvgIpc) is 2.82. The number of aliphatic hydroxyl groups is 2. The fourth-order valence-electron chi connectivity index (χ4n) is 4.16. The van der Waals surface area contributed by atoms with Gasteiger partial charge in [-0.15, -0.1) is 12.8 Å². The molecule has 0 aromatic rings. The molecule has 33 heavy (non-hydrogen) atoms. The Kier molecular flexibility index (Phi) is 24.0. The molecule has 0 bridgehead atoms. The van der Waals surface area contributed by atoms with Crippen LogP contribution in [0.4, 0.5) is 0 Å². The predicted octanol–water partition coefficient (Wildman–Crippen LogP) is 8.14. The van der Waals surface area contributed by atoms with Crippen LogP contribution in [0.2, 0.25) is 0 Å². The van der Waals surface area contributed by atoms with E-state index in [0.717, 1.165) is 18.8 Å². The maximum atomic E-state index is 9.23. The lowest BCUT2D eigenvalue weighted by Crippen LogP contribution is -1.95. The maximum absolute atomic E-state index is 9.23. The van der Waals surface area contributed by atoms with E-state index in [1.807, 2.05) is 12.2 Å². The molecule has 0 aromatic heterocycles. The van der Waals surface area contributed by atoms with Gasteiger partial charge >= 0.3 is 0 Å². The normalized spacial score (nSPS) is 14.3. The van der Waals surface area contributed by atoms with Crippen molar-refractivity contribution in [3.05, 3.63) is 24.3 Å². The Hall–Kier alpha value is -1.48. The van der Waals surface area contributed by atoms with Gasteiger partial charge in [0, 0.05) is 0 Å². The highest BCUT2D eigenvalue weighted by Gasteiger charge is 2.02. The maximum Gasteiger partial charge on any atom is 0.133 e. The second kappa shape index (κ2) is 25.1. The quantitative estimate of drug-likeness (QED) is 0.0925. The summed E-state index contributed by atoms with van der Waals surface area (Å²) in [6.45, 7) is 2.43. The first-order chi connectivity index (χ1) is 16.1. The highest BCUT2D eigenvalue weighted by atomic mass is 16.3. The van der Waals surface area contributed by atoms with Crippen LogP contribution >= 0.6 is 0 Å². The van der Waals surface area contributed by atoms with Crippen molar-refractivity contribution in [1.29, 1.82) is 0 Å². The monoisotopic (exact) mass is 456 g/mol. The van der Waals surface area contributed by atoms with Crippen LogP contribution in [-0.4, -0.2) is 22.4 Å². The SMILES string of the molecule is C#C[C@H](O)C=CCCCCCCCCCCC[C@@H](C)CCCCCCCCC=C[C@@H](O)C#C. The molecule has 2 nitrogen and oxygen atoms in total. The first-order valence-electron chi connectivity index (χ1n) is 13.7. The second-order valence-electron chi connectivity index (χ2n) is 9.64. The second-order valence-corrected chi connectivity index (χ2v) is 9.64. The van der Waals surface area contributed by atoms with E-state index in [2.05, 4.69) is 18.8 Å². The van der Waals surface area contributed by atoms with Gasteiger partial charge in [-0.05, 0) is 43.8 Å². The van der Waals surface area contributed by atoms with Crippen LogP contribution in [0.25, 0.3) is 0 Å². The van der Waals surface area contributed by atoms with E-state index >= 15 is 0 Å². The lowest BCUT2D eigenvalue weighted by atomic mass is 9.95. The molecule has 0 rings (SSSR count). The zero-order valence-electron chi connectivity index (χ0n) is 21.5. The molecule has 2 heteroatoms. The summed E-state index contributed by atoms with van der Waals surface area (Å²) in [5.41, 5.74) is 0. The smallest absolute Gasteiger partial charge is 0.133 e. The van der Waals surface area contributed by atoms with Crippen LogP contribution in [0.3, 0.4) is 0 Å². The van der Waals surface area contributed by atoms with Crippen molar-refractivity contribution in [3.63, 3.8) is 0 Å². The fraction of sp³-hybridized carbons (Fsp3) is 0.742. The van der Waals surface area contributed by atoms with Gasteiger partial charge in [0.15, 0.2) is 0 Å². The van der Waals surface area contributed by atoms with Crippen LogP contribution in [-0.2, 0) is 0 Å². The summed E-state index contributed by atoms with van der Waals surface area (Å²) in [4.78, 5) is 0. The predicted molar refractivity (Wildman–Crippen MR) is 145 cm³/mol. The van der Waals surface area contributed by atoms with Crippen molar-refractivity contribution in [2.75, 3.05) is 0 Å². The zero-order chi connectivity index (χ0) is 24.4. The van der Waals surface area contributed by atoms with Gasteiger partial charge in [0.25, 0.3) is 0 Å². The largest absolute Gasteiger partial charge is 0.377 e. The Morgan fingerprint density at radius 3 is 1.18 bits per heavy atom. The first kappa shape index (κ1) is 31.5. The molecule has 0 aliphatic rings. The minimum Gasteiger partial charge on any atom is -0.377 e. The molecule has 0 aliphatic heterocycles. The Labute approximate surface area is 206 Å². The third kappa shape index (κ3) is 25.0. The average molecular weight is 457 g/mol. The van der Waals surface area contributed by atoms with Gasteiger partial charge in [0.1, 0.15) is 12.2 Å². The number of hydrogen-bond acceptors (Lipinski definition) is 2. The minimum atomic E-state index is -0.719. The molecule has 0 aliphatic carbocycles. The lowest BCUT2D eigenvalue weighted by Gasteiger charge is -2.11. The van der Waals surface area contributed by atoms with E-state index < -0.39 is 12.2 Å². The fourth-order valence-corrected chi connectivity index (χ4v) is 4.16. The molecule has 0 heterocycles. The van der Waals surface area contributed by atoms with Crippen LogP contribution in [0, 0.1) is 30.6 Å². The third-order valence-corrected chi connectivity index (χ3v) is 6.36.